The predicted molar refractivity (Wildman–Crippen MR) is 463 cm³/mol. The molecule has 0 spiro atoms. The lowest BCUT2D eigenvalue weighted by atomic mass is 10.0. The Bertz CT molecular complexity index is 2550. The van der Waals surface area contributed by atoms with Crippen LogP contribution in [0, 0.1) is 0 Å². The lowest BCUT2D eigenvalue weighted by molar-refractivity contribution is -0.161. The highest BCUT2D eigenvalue weighted by Gasteiger charge is 2.29. The summed E-state index contributed by atoms with van der Waals surface area (Å²) in [7, 11) is -9.80. The molecule has 0 fully saturated rings. The summed E-state index contributed by atoms with van der Waals surface area (Å²) >= 11 is 0. The fraction of sp³-hybridized carbons (Fsp3) is 0.731. The van der Waals surface area contributed by atoms with Crippen molar-refractivity contribution in [2.24, 2.45) is 0 Å². The minimum absolute atomic E-state index is 0.0932. The van der Waals surface area contributed by atoms with Gasteiger partial charge in [-0.25, -0.2) is 9.13 Å². The number of hydrogen-bond donors (Lipinski definition) is 4. The van der Waals surface area contributed by atoms with E-state index in [0.29, 0.717) is 19.3 Å². The van der Waals surface area contributed by atoms with Crippen LogP contribution in [0.5, 0.6) is 0 Å². The normalized spacial score (nSPS) is 14.5. The van der Waals surface area contributed by atoms with Crippen LogP contribution in [0.3, 0.4) is 0 Å². The molecule has 0 saturated carbocycles. The van der Waals surface area contributed by atoms with Crippen molar-refractivity contribution in [3.63, 3.8) is 0 Å². The molecule has 0 heterocycles. The van der Waals surface area contributed by atoms with Crippen molar-refractivity contribution in [1.29, 1.82) is 0 Å². The zero-order valence-corrected chi connectivity index (χ0v) is 72.1. The molecule has 5 unspecified atom stereocenters. The summed E-state index contributed by atoms with van der Waals surface area (Å²) in [6.07, 6.45) is 105. The molecule has 0 saturated heterocycles. The lowest BCUT2D eigenvalue weighted by Crippen LogP contribution is -2.30. The third kappa shape index (κ3) is 86.4. The number of phosphoric acid groups is 2. The summed E-state index contributed by atoms with van der Waals surface area (Å²) in [5.74, 6) is -1.58. The van der Waals surface area contributed by atoms with Gasteiger partial charge in [0, 0.05) is 19.3 Å². The van der Waals surface area contributed by atoms with E-state index in [-0.39, 0.29) is 19.3 Å². The van der Waals surface area contributed by atoms with E-state index >= 15 is 0 Å². The van der Waals surface area contributed by atoms with Gasteiger partial charge in [-0.05, 0) is 141 Å². The molecule has 0 aliphatic carbocycles. The SMILES string of the molecule is CC/C=C\C/C=C\C/C=C\C/C=C\C/C=C\C/C=C\CCCCCCCCCCCCCCCCCCC(=O)OCC(O)COP(=O)(O)OCC(O)COP(=O)(O)OCC(COC(=O)CCCCCCCCCCC/C=C\C/C=C\C/C=C\C/C=C\CCCCC)OC(=O)CCCCCCC/C=C\CCCCCCCC. The molecular formula is C93H162O16P2. The maximum absolute atomic E-state index is 13.0. The van der Waals surface area contributed by atoms with Gasteiger partial charge < -0.3 is 34.2 Å². The smallest absolute Gasteiger partial charge is 0.463 e. The first kappa shape index (κ1) is 107. The molecule has 0 bridgehead atoms. The van der Waals surface area contributed by atoms with Crippen LogP contribution in [0.4, 0.5) is 0 Å². The molecule has 111 heavy (non-hydrogen) atoms. The number of rotatable bonds is 84. The number of carbonyl (C=O) groups is 3. The summed E-state index contributed by atoms with van der Waals surface area (Å²) in [6.45, 7) is 2.56. The Morgan fingerprint density at radius 3 is 0.784 bits per heavy atom. The third-order valence-corrected chi connectivity index (χ3v) is 20.7. The first-order valence-corrected chi connectivity index (χ1v) is 47.5. The summed E-state index contributed by atoms with van der Waals surface area (Å²) < 4.78 is 61.3. The van der Waals surface area contributed by atoms with Crippen LogP contribution in [-0.2, 0) is 55.8 Å². The van der Waals surface area contributed by atoms with Crippen molar-refractivity contribution in [3.05, 3.63) is 134 Å². The molecule has 0 radical (unpaired) electrons. The van der Waals surface area contributed by atoms with Crippen LogP contribution in [0.15, 0.2) is 134 Å². The lowest BCUT2D eigenvalue weighted by Gasteiger charge is -2.21. The van der Waals surface area contributed by atoms with Crippen LogP contribution in [-0.4, -0.2) is 95.9 Å². The summed E-state index contributed by atoms with van der Waals surface area (Å²) in [4.78, 5) is 58.8. The number of phosphoric ester groups is 2. The van der Waals surface area contributed by atoms with Crippen LogP contribution in [0.1, 0.15) is 380 Å². The Morgan fingerprint density at radius 2 is 0.477 bits per heavy atom. The second kappa shape index (κ2) is 85.1. The Morgan fingerprint density at radius 1 is 0.261 bits per heavy atom. The van der Waals surface area contributed by atoms with Crippen molar-refractivity contribution < 1.29 is 75.8 Å². The number of carbonyl (C=O) groups excluding carboxylic acids is 3. The molecule has 5 atom stereocenters. The molecule has 0 amide bonds. The molecule has 16 nitrogen and oxygen atoms in total. The van der Waals surface area contributed by atoms with E-state index < -0.39 is 91.5 Å². The maximum Gasteiger partial charge on any atom is 0.472 e. The van der Waals surface area contributed by atoms with E-state index in [1.165, 1.54) is 173 Å². The van der Waals surface area contributed by atoms with Gasteiger partial charge in [-0.1, -0.05) is 353 Å². The van der Waals surface area contributed by atoms with Gasteiger partial charge in [0.25, 0.3) is 0 Å². The van der Waals surface area contributed by atoms with Gasteiger partial charge in [0.05, 0.1) is 26.4 Å². The molecule has 640 valence electrons. The zero-order valence-electron chi connectivity index (χ0n) is 70.4. The van der Waals surface area contributed by atoms with E-state index in [1.807, 2.05) is 0 Å². The summed E-state index contributed by atoms with van der Waals surface area (Å²) in [6, 6.07) is 0. The topological polar surface area (TPSA) is 231 Å². The molecule has 4 N–H and O–H groups in total. The standard InChI is InChI=1S/C93H162O16P2/c1-4-7-10-13-16-19-22-25-28-30-32-34-36-38-39-40-41-42-43-44-45-46-47-49-51-52-54-56-59-61-64-67-70-73-76-79-91(96)103-82-88(94)83-105-110(99,100)106-84-89(95)85-107-111(101,102)108-87-90(109-93(98)81-78-75-72-69-66-63-58-27-24-21-18-15-12-9-6-3)86-104-92(97)80-77-74-71-68-65-62-60-57-55-53-50-48-37-35-33-31-29-26-23-20-17-14-11-8-5-2/h7,10,16-17,19-20,25-29,32-35,38-39,41-42,48,50,58,88-90,94-95H,4-6,8-9,11-15,18,21-24,30-31,36-37,40,43-47,49,51-57,59-87H2,1-3H3,(H,99,100)(H,101,102)/b10-7-,19-16-,20-17-,28-25-,29-26-,34-32-,35-33-,39-38-,42-41-,50-48-,58-27-. The highest BCUT2D eigenvalue weighted by atomic mass is 31.2. The molecule has 0 rings (SSSR count). The van der Waals surface area contributed by atoms with Crippen molar-refractivity contribution in [3.8, 4) is 0 Å². The van der Waals surface area contributed by atoms with Crippen molar-refractivity contribution >= 4 is 33.6 Å². The van der Waals surface area contributed by atoms with E-state index in [1.54, 1.807) is 0 Å². The van der Waals surface area contributed by atoms with Gasteiger partial charge >= 0.3 is 33.6 Å². The molecule has 0 aliphatic heterocycles. The molecule has 0 aromatic carbocycles. The summed E-state index contributed by atoms with van der Waals surface area (Å²) in [5.41, 5.74) is 0. The highest BCUT2D eigenvalue weighted by Crippen LogP contribution is 2.45. The van der Waals surface area contributed by atoms with Gasteiger partial charge in [-0.2, -0.15) is 0 Å². The number of hydrogen-bond acceptors (Lipinski definition) is 14. The second-order valence-corrected chi connectivity index (χ2v) is 32.6. The van der Waals surface area contributed by atoms with Gasteiger partial charge in [0.1, 0.15) is 25.4 Å². The van der Waals surface area contributed by atoms with Gasteiger partial charge in [-0.15, -0.1) is 0 Å². The highest BCUT2D eigenvalue weighted by molar-refractivity contribution is 7.47. The van der Waals surface area contributed by atoms with Crippen molar-refractivity contribution in [2.45, 2.75) is 399 Å². The van der Waals surface area contributed by atoms with E-state index in [4.69, 9.17) is 32.3 Å². The average molecular weight is 1600 g/mol. The Hall–Kier alpha value is -4.31. The molecule has 0 aromatic heterocycles. The fourth-order valence-corrected chi connectivity index (χ4v) is 13.7. The summed E-state index contributed by atoms with van der Waals surface area (Å²) in [5, 5.41) is 20.7. The largest absolute Gasteiger partial charge is 0.472 e. The van der Waals surface area contributed by atoms with Gasteiger partial charge in [0.15, 0.2) is 6.10 Å². The number of ether oxygens (including phenoxy) is 3. The van der Waals surface area contributed by atoms with Crippen LogP contribution >= 0.6 is 15.6 Å². The Balaban J connectivity index is 4.44. The monoisotopic (exact) mass is 1600 g/mol. The number of esters is 3. The van der Waals surface area contributed by atoms with Crippen LogP contribution in [0.25, 0.3) is 0 Å². The fourth-order valence-electron chi connectivity index (χ4n) is 12.1. The number of aliphatic hydroxyl groups excluding tert-OH is 2. The average Bonchev–Trinajstić information content (AvgIpc) is 0.901. The van der Waals surface area contributed by atoms with Gasteiger partial charge in [-0.3, -0.25) is 32.5 Å². The quantitative estimate of drug-likeness (QED) is 0.0146. The molecule has 18 heteroatoms. The number of allylic oxidation sites excluding steroid dienone is 22. The zero-order chi connectivity index (χ0) is 80.8. The number of unbranched alkanes of at least 4 members (excludes halogenated alkanes) is 39. The first-order valence-electron chi connectivity index (χ1n) is 44.5. The van der Waals surface area contributed by atoms with E-state index in [2.05, 4.69) is 154 Å². The Labute approximate surface area is 677 Å². The van der Waals surface area contributed by atoms with E-state index in [9.17, 15) is 43.5 Å². The maximum atomic E-state index is 13.0. The predicted octanol–water partition coefficient (Wildman–Crippen LogP) is 27.0. The minimum atomic E-state index is -4.94. The third-order valence-electron chi connectivity index (χ3n) is 18.8. The van der Waals surface area contributed by atoms with E-state index in [0.717, 1.165) is 148 Å². The minimum Gasteiger partial charge on any atom is -0.463 e. The second-order valence-electron chi connectivity index (χ2n) is 29.7. The van der Waals surface area contributed by atoms with Gasteiger partial charge in [0.2, 0.25) is 0 Å². The Kier molecular flexibility index (Phi) is 81.8. The van der Waals surface area contributed by atoms with Crippen LogP contribution in [0.2, 0.25) is 0 Å². The van der Waals surface area contributed by atoms with Crippen LogP contribution < -0.4 is 0 Å². The number of aliphatic hydroxyl groups is 2. The first-order chi connectivity index (χ1) is 54.2. The molecule has 0 aliphatic rings. The molecule has 0 aromatic rings. The van der Waals surface area contributed by atoms with Crippen molar-refractivity contribution in [2.75, 3.05) is 39.6 Å². The van der Waals surface area contributed by atoms with Crippen molar-refractivity contribution in [1.82, 2.24) is 0 Å². The molecular weight excluding hydrogens is 1430 g/mol.